The molecule has 4 rings (SSSR count). The van der Waals surface area contributed by atoms with Crippen molar-refractivity contribution in [3.63, 3.8) is 0 Å². The van der Waals surface area contributed by atoms with Crippen molar-refractivity contribution in [1.29, 1.82) is 0 Å². The third-order valence-corrected chi connectivity index (χ3v) is 4.96. The van der Waals surface area contributed by atoms with Crippen molar-refractivity contribution in [1.82, 2.24) is 19.5 Å². The van der Waals surface area contributed by atoms with Gasteiger partial charge in [-0.15, -0.1) is 11.3 Å². The van der Waals surface area contributed by atoms with E-state index in [1.165, 1.54) is 10.4 Å². The van der Waals surface area contributed by atoms with Crippen LogP contribution in [0.1, 0.15) is 16.9 Å². The Morgan fingerprint density at radius 3 is 2.84 bits per heavy atom. The highest BCUT2D eigenvalue weighted by molar-refractivity contribution is 7.18. The predicted molar refractivity (Wildman–Crippen MR) is 103 cm³/mol. The Labute approximate surface area is 150 Å². The van der Waals surface area contributed by atoms with Crippen molar-refractivity contribution in [2.24, 2.45) is 0 Å². The molecular formula is C19H19N5S. The van der Waals surface area contributed by atoms with Gasteiger partial charge in [0.15, 0.2) is 0 Å². The zero-order chi connectivity index (χ0) is 17.1. The molecule has 0 aliphatic heterocycles. The fourth-order valence-corrected chi connectivity index (χ4v) is 3.68. The van der Waals surface area contributed by atoms with E-state index in [2.05, 4.69) is 58.6 Å². The van der Waals surface area contributed by atoms with Crippen LogP contribution in [0.3, 0.4) is 0 Å². The van der Waals surface area contributed by atoms with Gasteiger partial charge in [-0.05, 0) is 31.4 Å². The second-order valence-corrected chi connectivity index (χ2v) is 7.17. The van der Waals surface area contributed by atoms with Gasteiger partial charge < -0.3 is 5.32 Å². The molecule has 0 aliphatic carbocycles. The number of benzene rings is 1. The van der Waals surface area contributed by atoms with Gasteiger partial charge >= 0.3 is 0 Å². The number of imidazole rings is 1. The minimum absolute atomic E-state index is 0.650. The second kappa shape index (κ2) is 7.03. The van der Waals surface area contributed by atoms with Crippen molar-refractivity contribution < 1.29 is 0 Å². The summed E-state index contributed by atoms with van der Waals surface area (Å²) in [7, 11) is 0. The number of hydrogen-bond acceptors (Lipinski definition) is 5. The SMILES string of the molecule is Cc1cc2c(NCCCc3ccccc3)nc(-n3ccnc3)nc2s1. The van der Waals surface area contributed by atoms with Gasteiger partial charge in [0, 0.05) is 23.8 Å². The molecule has 0 fully saturated rings. The highest BCUT2D eigenvalue weighted by atomic mass is 32.1. The molecule has 0 radical (unpaired) electrons. The Morgan fingerprint density at radius 1 is 1.16 bits per heavy atom. The zero-order valence-corrected chi connectivity index (χ0v) is 14.8. The minimum atomic E-state index is 0.650. The van der Waals surface area contributed by atoms with Gasteiger partial charge in [0.05, 0.1) is 5.39 Å². The number of anilines is 1. The van der Waals surface area contributed by atoms with E-state index in [0.717, 1.165) is 35.4 Å². The van der Waals surface area contributed by atoms with Crippen LogP contribution in [-0.2, 0) is 6.42 Å². The summed E-state index contributed by atoms with van der Waals surface area (Å²) in [6, 6.07) is 12.7. The van der Waals surface area contributed by atoms with Crippen LogP contribution in [0.15, 0.2) is 55.1 Å². The average Bonchev–Trinajstić information content (AvgIpc) is 3.28. The molecule has 3 aromatic heterocycles. The summed E-state index contributed by atoms with van der Waals surface area (Å²) in [4.78, 5) is 15.7. The fourth-order valence-electron chi connectivity index (χ4n) is 2.80. The van der Waals surface area contributed by atoms with E-state index < -0.39 is 0 Å². The van der Waals surface area contributed by atoms with E-state index in [4.69, 9.17) is 4.98 Å². The number of aromatic nitrogens is 4. The monoisotopic (exact) mass is 349 g/mol. The number of rotatable bonds is 6. The highest BCUT2D eigenvalue weighted by Crippen LogP contribution is 2.29. The molecule has 0 amide bonds. The Morgan fingerprint density at radius 2 is 2.04 bits per heavy atom. The van der Waals surface area contributed by atoms with E-state index in [1.54, 1.807) is 23.9 Å². The lowest BCUT2D eigenvalue weighted by Crippen LogP contribution is -2.08. The smallest absolute Gasteiger partial charge is 0.238 e. The van der Waals surface area contributed by atoms with Crippen LogP contribution in [0.25, 0.3) is 16.2 Å². The largest absolute Gasteiger partial charge is 0.369 e. The molecular weight excluding hydrogens is 330 g/mol. The van der Waals surface area contributed by atoms with Crippen LogP contribution in [0.2, 0.25) is 0 Å². The number of nitrogens with zero attached hydrogens (tertiary/aromatic N) is 4. The summed E-state index contributed by atoms with van der Waals surface area (Å²) in [5.74, 6) is 1.54. The molecule has 0 saturated heterocycles. The summed E-state index contributed by atoms with van der Waals surface area (Å²) in [5, 5.41) is 4.58. The first-order valence-electron chi connectivity index (χ1n) is 8.34. The van der Waals surface area contributed by atoms with Crippen LogP contribution < -0.4 is 5.32 Å². The number of aryl methyl sites for hydroxylation is 2. The molecule has 3 heterocycles. The van der Waals surface area contributed by atoms with Crippen LogP contribution >= 0.6 is 11.3 Å². The average molecular weight is 349 g/mol. The summed E-state index contributed by atoms with van der Waals surface area (Å²) < 4.78 is 1.84. The number of nitrogens with one attached hydrogen (secondary N) is 1. The first kappa shape index (κ1) is 15.8. The molecule has 0 aliphatic rings. The molecule has 126 valence electrons. The van der Waals surface area contributed by atoms with E-state index in [1.807, 2.05) is 10.8 Å². The second-order valence-electron chi connectivity index (χ2n) is 5.93. The minimum Gasteiger partial charge on any atom is -0.369 e. The van der Waals surface area contributed by atoms with Gasteiger partial charge in [0.2, 0.25) is 5.95 Å². The molecule has 0 atom stereocenters. The summed E-state index contributed by atoms with van der Waals surface area (Å²) in [6.07, 6.45) is 7.43. The van der Waals surface area contributed by atoms with Crippen molar-refractivity contribution in [3.05, 3.63) is 65.6 Å². The van der Waals surface area contributed by atoms with Crippen LogP contribution in [0.5, 0.6) is 0 Å². The third-order valence-electron chi connectivity index (χ3n) is 4.02. The van der Waals surface area contributed by atoms with Crippen molar-refractivity contribution in [2.75, 3.05) is 11.9 Å². The fraction of sp³-hybridized carbons (Fsp3) is 0.211. The summed E-state index contributed by atoms with van der Waals surface area (Å²) >= 11 is 1.69. The Balaban J connectivity index is 1.53. The lowest BCUT2D eigenvalue weighted by molar-refractivity contribution is 0.856. The quantitative estimate of drug-likeness (QED) is 0.529. The molecule has 1 N–H and O–H groups in total. The topological polar surface area (TPSA) is 55.6 Å². The van der Waals surface area contributed by atoms with Crippen molar-refractivity contribution in [2.45, 2.75) is 19.8 Å². The molecule has 1 aromatic carbocycles. The van der Waals surface area contributed by atoms with E-state index in [-0.39, 0.29) is 0 Å². The van der Waals surface area contributed by atoms with Gasteiger partial charge in [0.25, 0.3) is 0 Å². The summed E-state index contributed by atoms with van der Waals surface area (Å²) in [6.45, 7) is 2.97. The Kier molecular flexibility index (Phi) is 4.43. The number of fused-ring (bicyclic) bond motifs is 1. The first-order chi connectivity index (χ1) is 12.3. The normalized spacial score (nSPS) is 11.1. The predicted octanol–water partition coefficient (Wildman–Crippen LogP) is 4.23. The van der Waals surface area contributed by atoms with Gasteiger partial charge in [-0.25, -0.2) is 9.97 Å². The molecule has 0 unspecified atom stereocenters. The number of hydrogen-bond donors (Lipinski definition) is 1. The standard InChI is InChI=1S/C19H19N5S/c1-14-12-16-17(21-9-5-8-15-6-3-2-4-7-15)22-19(23-18(16)25-14)24-11-10-20-13-24/h2-4,6-7,10-13H,5,8-9H2,1H3,(H,21,22,23). The molecule has 0 bridgehead atoms. The third kappa shape index (κ3) is 3.53. The van der Waals surface area contributed by atoms with Gasteiger partial charge in [-0.3, -0.25) is 4.57 Å². The van der Waals surface area contributed by atoms with Gasteiger partial charge in [0.1, 0.15) is 17.0 Å². The van der Waals surface area contributed by atoms with E-state index in [0.29, 0.717) is 5.95 Å². The maximum atomic E-state index is 4.71. The van der Waals surface area contributed by atoms with Crippen molar-refractivity contribution >= 4 is 27.4 Å². The summed E-state index contributed by atoms with van der Waals surface area (Å²) in [5.41, 5.74) is 1.36. The number of thiophene rings is 1. The molecule has 5 nitrogen and oxygen atoms in total. The van der Waals surface area contributed by atoms with Gasteiger partial charge in [-0.1, -0.05) is 30.3 Å². The lowest BCUT2D eigenvalue weighted by atomic mass is 10.1. The first-order valence-corrected chi connectivity index (χ1v) is 9.15. The highest BCUT2D eigenvalue weighted by Gasteiger charge is 2.11. The Bertz CT molecular complexity index is 960. The van der Waals surface area contributed by atoms with Gasteiger partial charge in [-0.2, -0.15) is 4.98 Å². The van der Waals surface area contributed by atoms with Crippen molar-refractivity contribution in [3.8, 4) is 5.95 Å². The van der Waals surface area contributed by atoms with E-state index >= 15 is 0 Å². The molecule has 4 aromatic rings. The zero-order valence-electron chi connectivity index (χ0n) is 14.0. The molecule has 0 spiro atoms. The molecule has 6 heteroatoms. The van der Waals surface area contributed by atoms with E-state index in [9.17, 15) is 0 Å². The van der Waals surface area contributed by atoms with Crippen LogP contribution in [0.4, 0.5) is 5.82 Å². The van der Waals surface area contributed by atoms with Crippen LogP contribution in [-0.4, -0.2) is 26.1 Å². The maximum Gasteiger partial charge on any atom is 0.238 e. The molecule has 25 heavy (non-hydrogen) atoms. The Hall–Kier alpha value is -2.73. The van der Waals surface area contributed by atoms with Crippen LogP contribution in [0, 0.1) is 6.92 Å². The molecule has 0 saturated carbocycles. The maximum absolute atomic E-state index is 4.71. The lowest BCUT2D eigenvalue weighted by Gasteiger charge is -2.09.